The molecule has 0 spiro atoms. The Labute approximate surface area is 152 Å². The molecule has 0 aliphatic carbocycles. The number of nitriles is 1. The highest BCUT2D eigenvalue weighted by Crippen LogP contribution is 2.34. The monoisotopic (exact) mass is 346 g/mol. The second-order valence-corrected chi connectivity index (χ2v) is 7.17. The lowest BCUT2D eigenvalue weighted by molar-refractivity contribution is 0.300. The van der Waals surface area contributed by atoms with E-state index < -0.39 is 0 Å². The van der Waals surface area contributed by atoms with Gasteiger partial charge in [-0.3, -0.25) is 0 Å². The molecular formula is C20H22N6. The van der Waals surface area contributed by atoms with E-state index in [2.05, 4.69) is 44.8 Å². The topological polar surface area (TPSA) is 81.0 Å². The molecule has 0 unspecified atom stereocenters. The summed E-state index contributed by atoms with van der Waals surface area (Å²) in [7, 11) is 0. The van der Waals surface area contributed by atoms with Crippen LogP contribution in [0, 0.1) is 17.4 Å². The number of rotatable bonds is 2. The van der Waals surface area contributed by atoms with Gasteiger partial charge in [0, 0.05) is 48.1 Å². The summed E-state index contributed by atoms with van der Waals surface area (Å²) in [4.78, 5) is 18.5. The van der Waals surface area contributed by atoms with Gasteiger partial charge in [0.05, 0.1) is 11.7 Å². The maximum atomic E-state index is 9.05. The van der Waals surface area contributed by atoms with Gasteiger partial charge in [0.2, 0.25) is 6.19 Å². The smallest absolute Gasteiger partial charge is 0.207 e. The van der Waals surface area contributed by atoms with Gasteiger partial charge in [-0.1, -0.05) is 13.8 Å². The Balaban J connectivity index is 1.77. The minimum absolute atomic E-state index is 0.240. The van der Waals surface area contributed by atoms with Gasteiger partial charge in [-0.05, 0) is 30.5 Å². The number of fused-ring (bicyclic) bond motifs is 3. The van der Waals surface area contributed by atoms with Crippen LogP contribution in [0.25, 0.3) is 21.9 Å². The van der Waals surface area contributed by atoms with Crippen molar-refractivity contribution in [2.45, 2.75) is 32.6 Å². The molecule has 0 radical (unpaired) electrons. The minimum atomic E-state index is 0.240. The molecule has 6 nitrogen and oxygen atoms in total. The van der Waals surface area contributed by atoms with Crippen molar-refractivity contribution in [1.29, 1.82) is 5.26 Å². The molecule has 0 aromatic carbocycles. The molecule has 132 valence electrons. The van der Waals surface area contributed by atoms with Gasteiger partial charge in [0.15, 0.2) is 5.65 Å². The number of hydrogen-bond donors (Lipinski definition) is 1. The van der Waals surface area contributed by atoms with Crippen molar-refractivity contribution in [3.05, 3.63) is 36.3 Å². The fourth-order valence-electron chi connectivity index (χ4n) is 4.08. The largest absolute Gasteiger partial charge is 0.360 e. The number of likely N-dealkylation sites (tertiary alicyclic amines) is 1. The third kappa shape index (κ3) is 2.80. The van der Waals surface area contributed by atoms with Gasteiger partial charge >= 0.3 is 0 Å². The molecular weight excluding hydrogens is 324 g/mol. The van der Waals surface area contributed by atoms with Crippen molar-refractivity contribution in [1.82, 2.24) is 19.9 Å². The number of aromatic nitrogens is 3. The molecule has 1 atom stereocenters. The summed E-state index contributed by atoms with van der Waals surface area (Å²) in [5.74, 6) is 1.53. The van der Waals surface area contributed by atoms with Crippen LogP contribution in [0.1, 0.15) is 38.2 Å². The van der Waals surface area contributed by atoms with Crippen LogP contribution in [0.3, 0.4) is 0 Å². The van der Waals surface area contributed by atoms with Crippen molar-refractivity contribution < 1.29 is 0 Å². The zero-order chi connectivity index (χ0) is 18.1. The van der Waals surface area contributed by atoms with E-state index in [1.54, 1.807) is 0 Å². The summed E-state index contributed by atoms with van der Waals surface area (Å²) >= 11 is 0. The predicted molar refractivity (Wildman–Crippen MR) is 103 cm³/mol. The van der Waals surface area contributed by atoms with Gasteiger partial charge in [0.1, 0.15) is 5.84 Å². The summed E-state index contributed by atoms with van der Waals surface area (Å²) < 4.78 is 0. The fourth-order valence-corrected chi connectivity index (χ4v) is 4.08. The first-order valence-electron chi connectivity index (χ1n) is 9.11. The molecule has 0 bridgehead atoms. The van der Waals surface area contributed by atoms with Crippen LogP contribution in [0.4, 0.5) is 0 Å². The fraction of sp³-hybridized carbons (Fsp3) is 0.400. The van der Waals surface area contributed by atoms with Gasteiger partial charge < -0.3 is 9.88 Å². The minimum Gasteiger partial charge on any atom is -0.360 e. The Kier molecular flexibility index (Phi) is 4.29. The molecule has 3 aromatic rings. The lowest BCUT2D eigenvalue weighted by atomic mass is 9.87. The summed E-state index contributed by atoms with van der Waals surface area (Å²) in [6, 6.07) is 4.22. The first-order valence-corrected chi connectivity index (χ1v) is 9.11. The van der Waals surface area contributed by atoms with E-state index in [-0.39, 0.29) is 5.92 Å². The number of aromatic amines is 1. The van der Waals surface area contributed by atoms with E-state index in [9.17, 15) is 0 Å². The van der Waals surface area contributed by atoms with Crippen molar-refractivity contribution >= 4 is 27.8 Å². The molecule has 26 heavy (non-hydrogen) atoms. The van der Waals surface area contributed by atoms with E-state index >= 15 is 0 Å². The van der Waals surface area contributed by atoms with Crippen molar-refractivity contribution in [3.8, 4) is 6.19 Å². The third-order valence-electron chi connectivity index (χ3n) is 5.19. The second-order valence-electron chi connectivity index (χ2n) is 7.17. The highest BCUT2D eigenvalue weighted by Gasteiger charge is 2.26. The quantitative estimate of drug-likeness (QED) is 0.434. The van der Waals surface area contributed by atoms with Gasteiger partial charge in [0.25, 0.3) is 0 Å². The van der Waals surface area contributed by atoms with Crippen LogP contribution < -0.4 is 0 Å². The van der Waals surface area contributed by atoms with Crippen LogP contribution in [0.5, 0.6) is 0 Å². The molecule has 3 aromatic heterocycles. The Morgan fingerprint density at radius 3 is 3.08 bits per heavy atom. The van der Waals surface area contributed by atoms with Crippen LogP contribution in [-0.2, 0) is 0 Å². The number of H-pyrrole nitrogens is 1. The van der Waals surface area contributed by atoms with E-state index in [0.717, 1.165) is 48.3 Å². The summed E-state index contributed by atoms with van der Waals surface area (Å²) in [6.45, 7) is 6.03. The average Bonchev–Trinajstić information content (AvgIpc) is 3.14. The molecule has 4 rings (SSSR count). The molecule has 1 aliphatic rings. The van der Waals surface area contributed by atoms with E-state index in [0.29, 0.717) is 5.92 Å². The number of hydrogen-bond acceptors (Lipinski definition) is 4. The molecule has 1 saturated heterocycles. The maximum absolute atomic E-state index is 9.05. The van der Waals surface area contributed by atoms with Crippen molar-refractivity contribution in [2.75, 3.05) is 13.1 Å². The summed E-state index contributed by atoms with van der Waals surface area (Å²) in [5, 5.41) is 11.4. The Morgan fingerprint density at radius 2 is 2.27 bits per heavy atom. The van der Waals surface area contributed by atoms with E-state index in [1.807, 2.05) is 30.9 Å². The average molecular weight is 346 g/mol. The lowest BCUT2D eigenvalue weighted by Gasteiger charge is -2.36. The third-order valence-corrected chi connectivity index (χ3v) is 5.19. The molecule has 4 heterocycles. The Bertz CT molecular complexity index is 1010. The van der Waals surface area contributed by atoms with Crippen molar-refractivity contribution in [2.24, 2.45) is 10.9 Å². The highest BCUT2D eigenvalue weighted by atomic mass is 15.2. The standard InChI is InChI=1S/C20H22N6/c1-13(2)20(25-12-21)26-9-3-4-14(11-26)15-5-7-22-17-10-24-19-16(18(15)17)6-8-23-19/h5-8,10,13-14,22H,3-4,9,11H2,1-2H3/t14-/m1/s1. The molecule has 6 heteroatoms. The molecule has 1 aliphatic heterocycles. The normalized spacial score (nSPS) is 18.6. The molecule has 0 saturated carbocycles. The van der Waals surface area contributed by atoms with Gasteiger partial charge in [-0.2, -0.15) is 10.3 Å². The molecule has 1 fully saturated rings. The number of aliphatic imine (C=N–C) groups is 1. The molecule has 1 N–H and O–H groups in total. The number of nitrogens with zero attached hydrogens (tertiary/aromatic N) is 5. The summed E-state index contributed by atoms with van der Waals surface area (Å²) in [5.41, 5.74) is 3.15. The molecule has 0 amide bonds. The number of piperidine rings is 1. The second kappa shape index (κ2) is 6.75. The van der Waals surface area contributed by atoms with Crippen LogP contribution in [0.2, 0.25) is 0 Å². The summed E-state index contributed by atoms with van der Waals surface area (Å²) in [6.07, 6.45) is 9.88. The van der Waals surface area contributed by atoms with Gasteiger partial charge in [-0.15, -0.1) is 0 Å². The van der Waals surface area contributed by atoms with Crippen LogP contribution in [-0.4, -0.2) is 38.8 Å². The van der Waals surface area contributed by atoms with E-state index in [1.165, 1.54) is 10.9 Å². The van der Waals surface area contributed by atoms with Crippen molar-refractivity contribution in [3.63, 3.8) is 0 Å². The lowest BCUT2D eigenvalue weighted by Crippen LogP contribution is -2.41. The Hall–Kier alpha value is -2.94. The highest BCUT2D eigenvalue weighted by molar-refractivity contribution is 6.05. The van der Waals surface area contributed by atoms with Crippen LogP contribution in [0.15, 0.2) is 35.7 Å². The first kappa shape index (κ1) is 16.5. The number of pyridine rings is 2. The zero-order valence-corrected chi connectivity index (χ0v) is 15.1. The Morgan fingerprint density at radius 1 is 1.38 bits per heavy atom. The van der Waals surface area contributed by atoms with Gasteiger partial charge in [-0.25, -0.2) is 9.97 Å². The van der Waals surface area contributed by atoms with E-state index in [4.69, 9.17) is 5.26 Å². The number of amidine groups is 1. The zero-order valence-electron chi connectivity index (χ0n) is 15.1. The van der Waals surface area contributed by atoms with Crippen LogP contribution >= 0.6 is 0 Å². The first-order chi connectivity index (χ1) is 12.7. The number of nitrogens with one attached hydrogen (secondary N) is 1. The predicted octanol–water partition coefficient (Wildman–Crippen LogP) is 3.83. The maximum Gasteiger partial charge on any atom is 0.207 e. The SMILES string of the molecule is CC(C)C(=NC#N)N1CCC[C@@H](c2cc[nH]c3cnc4nccc4c23)C1.